The Kier molecular flexibility index (Phi) is 4.51. The van der Waals surface area contributed by atoms with Crippen LogP contribution in [0.15, 0.2) is 48.5 Å². The molecule has 2 N–H and O–H groups in total. The molecule has 0 radical (unpaired) electrons. The number of ether oxygens (including phenoxy) is 1. The van der Waals surface area contributed by atoms with Gasteiger partial charge in [-0.15, -0.1) is 0 Å². The highest BCUT2D eigenvalue weighted by Gasteiger charge is 2.19. The van der Waals surface area contributed by atoms with Crippen LogP contribution < -0.4 is 10.1 Å². The van der Waals surface area contributed by atoms with Crippen LogP contribution in [0.1, 0.15) is 31.3 Å². The Labute approximate surface area is 141 Å². The zero-order chi connectivity index (χ0) is 17.1. The van der Waals surface area contributed by atoms with E-state index in [0.29, 0.717) is 5.75 Å². The molecule has 0 saturated carbocycles. The van der Waals surface area contributed by atoms with Gasteiger partial charge in [0.15, 0.2) is 6.10 Å². The molecule has 1 amide bonds. The van der Waals surface area contributed by atoms with Crippen LogP contribution in [0, 0.1) is 6.92 Å². The lowest BCUT2D eigenvalue weighted by Gasteiger charge is -2.17. The van der Waals surface area contributed by atoms with Crippen molar-refractivity contribution in [1.29, 1.82) is 0 Å². The van der Waals surface area contributed by atoms with Gasteiger partial charge >= 0.3 is 0 Å². The Morgan fingerprint density at radius 1 is 1.17 bits per heavy atom. The topological polar surface area (TPSA) is 67.0 Å². The molecule has 0 unspecified atom stereocenters. The third-order valence-electron chi connectivity index (χ3n) is 3.85. The summed E-state index contributed by atoms with van der Waals surface area (Å²) in [4.78, 5) is 20.1. The van der Waals surface area contributed by atoms with Gasteiger partial charge in [0.05, 0.1) is 17.1 Å². The largest absolute Gasteiger partial charge is 0.481 e. The van der Waals surface area contributed by atoms with E-state index in [1.807, 2.05) is 62.4 Å². The lowest BCUT2D eigenvalue weighted by Crippen LogP contribution is -2.38. The van der Waals surface area contributed by atoms with Gasteiger partial charge in [-0.05, 0) is 50.6 Å². The molecule has 0 aliphatic carbocycles. The second kappa shape index (κ2) is 6.74. The number of rotatable bonds is 5. The van der Waals surface area contributed by atoms with E-state index in [2.05, 4.69) is 15.3 Å². The van der Waals surface area contributed by atoms with E-state index in [1.54, 1.807) is 6.92 Å². The van der Waals surface area contributed by atoms with Crippen molar-refractivity contribution in [1.82, 2.24) is 15.3 Å². The minimum absolute atomic E-state index is 0.176. The molecule has 1 aromatic heterocycles. The van der Waals surface area contributed by atoms with Crippen LogP contribution >= 0.6 is 0 Å². The third-order valence-corrected chi connectivity index (χ3v) is 3.85. The van der Waals surface area contributed by atoms with Gasteiger partial charge in [-0.25, -0.2) is 4.98 Å². The van der Waals surface area contributed by atoms with Crippen molar-refractivity contribution >= 4 is 16.9 Å². The summed E-state index contributed by atoms with van der Waals surface area (Å²) >= 11 is 0. The van der Waals surface area contributed by atoms with Gasteiger partial charge < -0.3 is 15.0 Å². The van der Waals surface area contributed by atoms with Crippen molar-refractivity contribution in [2.45, 2.75) is 32.9 Å². The summed E-state index contributed by atoms with van der Waals surface area (Å²) in [6, 6.07) is 15.2. The molecule has 0 saturated heterocycles. The number of hydrogen-bond acceptors (Lipinski definition) is 3. The molecule has 1 heterocycles. The molecule has 3 rings (SSSR count). The van der Waals surface area contributed by atoms with Crippen molar-refractivity contribution in [3.05, 3.63) is 59.9 Å². The van der Waals surface area contributed by atoms with E-state index in [4.69, 9.17) is 4.74 Å². The molecule has 0 aliphatic rings. The minimum atomic E-state index is -0.585. The molecule has 124 valence electrons. The number of H-pyrrole nitrogens is 1. The molecule has 3 aromatic rings. The highest BCUT2D eigenvalue weighted by atomic mass is 16.5. The van der Waals surface area contributed by atoms with Gasteiger partial charge in [0.1, 0.15) is 11.6 Å². The summed E-state index contributed by atoms with van der Waals surface area (Å²) in [6.07, 6.45) is -0.585. The van der Waals surface area contributed by atoms with Crippen molar-refractivity contribution < 1.29 is 9.53 Å². The fourth-order valence-corrected chi connectivity index (χ4v) is 2.52. The standard InChI is InChI=1S/C19H21N3O2/c1-12-7-6-8-15(11-12)24-14(3)19(23)20-13(2)18-21-16-9-4-5-10-17(16)22-18/h4-11,13-14H,1-3H3,(H,20,23)(H,21,22)/t13-,14-/m1/s1. The highest BCUT2D eigenvalue weighted by molar-refractivity contribution is 5.81. The van der Waals surface area contributed by atoms with Gasteiger partial charge in [0.25, 0.3) is 5.91 Å². The smallest absolute Gasteiger partial charge is 0.261 e. The number of benzene rings is 2. The van der Waals surface area contributed by atoms with E-state index in [-0.39, 0.29) is 11.9 Å². The Morgan fingerprint density at radius 2 is 1.96 bits per heavy atom. The molecule has 2 atom stereocenters. The maximum absolute atomic E-state index is 12.4. The van der Waals surface area contributed by atoms with Crippen molar-refractivity contribution in [3.8, 4) is 5.75 Å². The number of nitrogens with one attached hydrogen (secondary N) is 2. The summed E-state index contributed by atoms with van der Waals surface area (Å²) in [5, 5.41) is 2.93. The van der Waals surface area contributed by atoms with Crippen LogP contribution in [-0.4, -0.2) is 22.0 Å². The zero-order valence-electron chi connectivity index (χ0n) is 14.0. The zero-order valence-corrected chi connectivity index (χ0v) is 14.0. The molecule has 0 fully saturated rings. The predicted octanol–water partition coefficient (Wildman–Crippen LogP) is 3.52. The van der Waals surface area contributed by atoms with Gasteiger partial charge in [-0.1, -0.05) is 24.3 Å². The normalized spacial score (nSPS) is 13.5. The maximum Gasteiger partial charge on any atom is 0.261 e. The Morgan fingerprint density at radius 3 is 2.71 bits per heavy atom. The Bertz CT molecular complexity index is 823. The SMILES string of the molecule is Cc1cccc(O[C@H](C)C(=O)N[C@H](C)c2nc3ccccc3[nH]2)c1. The highest BCUT2D eigenvalue weighted by Crippen LogP contribution is 2.17. The number of hydrogen-bond donors (Lipinski definition) is 2. The lowest BCUT2D eigenvalue weighted by molar-refractivity contribution is -0.128. The maximum atomic E-state index is 12.4. The quantitative estimate of drug-likeness (QED) is 0.755. The molecule has 0 spiro atoms. The van der Waals surface area contributed by atoms with Crippen LogP contribution in [0.25, 0.3) is 11.0 Å². The van der Waals surface area contributed by atoms with Crippen LogP contribution in [0.5, 0.6) is 5.75 Å². The molecule has 24 heavy (non-hydrogen) atoms. The number of para-hydroxylation sites is 2. The average molecular weight is 323 g/mol. The molecular weight excluding hydrogens is 302 g/mol. The van der Waals surface area contributed by atoms with Crippen LogP contribution in [0.2, 0.25) is 0 Å². The number of imidazole rings is 1. The van der Waals surface area contributed by atoms with Crippen molar-refractivity contribution in [2.75, 3.05) is 0 Å². The first-order chi connectivity index (χ1) is 11.5. The average Bonchev–Trinajstić information content (AvgIpc) is 2.99. The molecular formula is C19H21N3O2. The first kappa shape index (κ1) is 16.1. The molecule has 0 aliphatic heterocycles. The molecule has 2 aromatic carbocycles. The summed E-state index contributed by atoms with van der Waals surface area (Å²) in [5.41, 5.74) is 2.94. The van der Waals surface area contributed by atoms with Gasteiger partial charge in [-0.2, -0.15) is 0 Å². The number of aromatic nitrogens is 2. The number of aryl methyl sites for hydroxylation is 1. The van der Waals surface area contributed by atoms with Crippen LogP contribution in [0.3, 0.4) is 0 Å². The second-order valence-corrected chi connectivity index (χ2v) is 5.95. The van der Waals surface area contributed by atoms with E-state index < -0.39 is 6.10 Å². The fraction of sp³-hybridized carbons (Fsp3) is 0.263. The Hall–Kier alpha value is -2.82. The van der Waals surface area contributed by atoms with Gasteiger partial charge in [0, 0.05) is 0 Å². The fourth-order valence-electron chi connectivity index (χ4n) is 2.52. The summed E-state index contributed by atoms with van der Waals surface area (Å²) < 4.78 is 5.71. The van der Waals surface area contributed by atoms with E-state index >= 15 is 0 Å². The number of fused-ring (bicyclic) bond motifs is 1. The second-order valence-electron chi connectivity index (χ2n) is 5.95. The Balaban J connectivity index is 1.64. The molecule has 0 bridgehead atoms. The van der Waals surface area contributed by atoms with Crippen LogP contribution in [-0.2, 0) is 4.79 Å². The van der Waals surface area contributed by atoms with Crippen LogP contribution in [0.4, 0.5) is 0 Å². The third kappa shape index (κ3) is 3.56. The summed E-state index contributed by atoms with van der Waals surface area (Å²) in [5.74, 6) is 1.24. The first-order valence-corrected chi connectivity index (χ1v) is 8.01. The number of carbonyl (C=O) groups excluding carboxylic acids is 1. The van der Waals surface area contributed by atoms with Gasteiger partial charge in [0.2, 0.25) is 0 Å². The molecule has 5 heteroatoms. The van der Waals surface area contributed by atoms with Crippen molar-refractivity contribution in [2.24, 2.45) is 0 Å². The van der Waals surface area contributed by atoms with E-state index in [0.717, 1.165) is 22.4 Å². The molecule has 5 nitrogen and oxygen atoms in total. The predicted molar refractivity (Wildman–Crippen MR) is 93.9 cm³/mol. The number of carbonyl (C=O) groups is 1. The number of nitrogens with zero attached hydrogens (tertiary/aromatic N) is 1. The van der Waals surface area contributed by atoms with Crippen molar-refractivity contribution in [3.63, 3.8) is 0 Å². The van der Waals surface area contributed by atoms with E-state index in [1.165, 1.54) is 0 Å². The number of aromatic amines is 1. The summed E-state index contributed by atoms with van der Waals surface area (Å²) in [6.45, 7) is 5.62. The monoisotopic (exact) mass is 323 g/mol. The van der Waals surface area contributed by atoms with E-state index in [9.17, 15) is 4.79 Å². The number of amides is 1. The first-order valence-electron chi connectivity index (χ1n) is 8.01. The lowest BCUT2D eigenvalue weighted by atomic mass is 10.2. The minimum Gasteiger partial charge on any atom is -0.481 e. The van der Waals surface area contributed by atoms with Gasteiger partial charge in [-0.3, -0.25) is 4.79 Å². The summed E-state index contributed by atoms with van der Waals surface area (Å²) in [7, 11) is 0.